The summed E-state index contributed by atoms with van der Waals surface area (Å²) < 4.78 is 15.4. The number of benzene rings is 2. The number of nitrogens with zero attached hydrogens (tertiary/aromatic N) is 2. The highest BCUT2D eigenvalue weighted by atomic mass is 16.5. The molecule has 0 saturated carbocycles. The molecule has 0 atom stereocenters. The highest BCUT2D eigenvalue weighted by Crippen LogP contribution is 2.28. The SMILES string of the molecule is COc1ccc(N2C(=O)C(=O)N(Cc3cc(=O)oc4cc(OC)ccc34)C2=O)cc1. The summed E-state index contributed by atoms with van der Waals surface area (Å²) in [6.45, 7) is -0.259. The lowest BCUT2D eigenvalue weighted by atomic mass is 10.1. The Morgan fingerprint density at radius 1 is 0.833 bits per heavy atom. The Labute approximate surface area is 170 Å². The zero-order chi connectivity index (χ0) is 21.4. The molecular formula is C21H16N2O7. The Kier molecular flexibility index (Phi) is 4.71. The number of hydrogen-bond donors (Lipinski definition) is 0. The van der Waals surface area contributed by atoms with E-state index in [0.717, 1.165) is 9.80 Å². The van der Waals surface area contributed by atoms with E-state index in [4.69, 9.17) is 13.9 Å². The molecule has 0 unspecified atom stereocenters. The number of ether oxygens (including phenoxy) is 2. The van der Waals surface area contributed by atoms with Crippen LogP contribution in [0.15, 0.2) is 57.7 Å². The van der Waals surface area contributed by atoms with Gasteiger partial charge in [-0.15, -0.1) is 0 Å². The predicted octanol–water partition coefficient (Wildman–Crippen LogP) is 2.31. The van der Waals surface area contributed by atoms with Crippen LogP contribution in [0.1, 0.15) is 5.56 Å². The van der Waals surface area contributed by atoms with E-state index in [-0.39, 0.29) is 17.8 Å². The summed E-state index contributed by atoms with van der Waals surface area (Å²) in [5.41, 5.74) is 0.205. The fourth-order valence-corrected chi connectivity index (χ4v) is 3.24. The second-order valence-corrected chi connectivity index (χ2v) is 6.47. The third-order valence-electron chi connectivity index (χ3n) is 4.75. The van der Waals surface area contributed by atoms with Gasteiger partial charge in [0.2, 0.25) is 0 Å². The number of imide groups is 2. The van der Waals surface area contributed by atoms with Crippen molar-refractivity contribution in [3.8, 4) is 11.5 Å². The summed E-state index contributed by atoms with van der Waals surface area (Å²) in [4.78, 5) is 51.4. The molecule has 4 amide bonds. The molecule has 0 aliphatic carbocycles. The number of urea groups is 1. The zero-order valence-electron chi connectivity index (χ0n) is 16.1. The molecule has 2 heterocycles. The molecule has 0 bridgehead atoms. The van der Waals surface area contributed by atoms with Crippen molar-refractivity contribution >= 4 is 34.5 Å². The molecule has 1 aromatic heterocycles. The van der Waals surface area contributed by atoms with Crippen molar-refractivity contribution in [1.82, 2.24) is 4.90 Å². The molecule has 30 heavy (non-hydrogen) atoms. The van der Waals surface area contributed by atoms with Crippen molar-refractivity contribution in [2.75, 3.05) is 19.1 Å². The van der Waals surface area contributed by atoms with E-state index >= 15 is 0 Å². The van der Waals surface area contributed by atoms with Gasteiger partial charge in [-0.25, -0.2) is 14.5 Å². The van der Waals surface area contributed by atoms with E-state index in [9.17, 15) is 19.2 Å². The number of hydrogen-bond acceptors (Lipinski definition) is 7. The fraction of sp³-hybridized carbons (Fsp3) is 0.143. The van der Waals surface area contributed by atoms with Crippen LogP contribution in [0.3, 0.4) is 0 Å². The zero-order valence-corrected chi connectivity index (χ0v) is 16.1. The summed E-state index contributed by atoms with van der Waals surface area (Å²) in [5, 5.41) is 0.520. The first-order chi connectivity index (χ1) is 14.4. The summed E-state index contributed by atoms with van der Waals surface area (Å²) in [6.07, 6.45) is 0. The second kappa shape index (κ2) is 7.36. The number of rotatable bonds is 5. The van der Waals surface area contributed by atoms with Crippen LogP contribution in [0.2, 0.25) is 0 Å². The normalized spacial score (nSPS) is 14.0. The Morgan fingerprint density at radius 3 is 2.17 bits per heavy atom. The van der Waals surface area contributed by atoms with Gasteiger partial charge in [-0.2, -0.15) is 0 Å². The number of amides is 4. The molecule has 1 fully saturated rings. The molecule has 0 N–H and O–H groups in total. The Balaban J connectivity index is 1.69. The van der Waals surface area contributed by atoms with E-state index in [2.05, 4.69) is 0 Å². The first-order valence-corrected chi connectivity index (χ1v) is 8.87. The van der Waals surface area contributed by atoms with Crippen molar-refractivity contribution in [2.24, 2.45) is 0 Å². The van der Waals surface area contributed by atoms with Crippen LogP contribution >= 0.6 is 0 Å². The molecule has 9 heteroatoms. The van der Waals surface area contributed by atoms with E-state index in [1.807, 2.05) is 0 Å². The largest absolute Gasteiger partial charge is 0.497 e. The first kappa shape index (κ1) is 19.2. The molecule has 0 spiro atoms. The summed E-state index contributed by atoms with van der Waals surface area (Å²) >= 11 is 0. The van der Waals surface area contributed by atoms with Gasteiger partial charge in [-0.05, 0) is 42.0 Å². The van der Waals surface area contributed by atoms with E-state index in [1.165, 1.54) is 38.5 Å². The van der Waals surface area contributed by atoms with Crippen LogP contribution in [-0.4, -0.2) is 37.0 Å². The molecule has 1 aliphatic heterocycles. The summed E-state index contributed by atoms with van der Waals surface area (Å²) in [5.74, 6) is -0.930. The number of carbonyl (C=O) groups excluding carboxylic acids is 3. The maximum absolute atomic E-state index is 12.9. The van der Waals surface area contributed by atoms with Crippen LogP contribution < -0.4 is 20.0 Å². The molecule has 3 aromatic rings. The lowest BCUT2D eigenvalue weighted by molar-refractivity contribution is -0.139. The average molecular weight is 408 g/mol. The van der Waals surface area contributed by atoms with Gasteiger partial charge in [0, 0.05) is 17.5 Å². The van der Waals surface area contributed by atoms with Crippen LogP contribution in [0.4, 0.5) is 10.5 Å². The number of anilines is 1. The molecule has 2 aromatic carbocycles. The van der Waals surface area contributed by atoms with Gasteiger partial charge in [0.15, 0.2) is 0 Å². The van der Waals surface area contributed by atoms with E-state index < -0.39 is 23.5 Å². The molecule has 1 aliphatic rings. The van der Waals surface area contributed by atoms with Gasteiger partial charge in [0.25, 0.3) is 0 Å². The molecule has 1 saturated heterocycles. The van der Waals surface area contributed by atoms with Gasteiger partial charge >= 0.3 is 23.5 Å². The van der Waals surface area contributed by atoms with Crippen molar-refractivity contribution in [1.29, 1.82) is 0 Å². The van der Waals surface area contributed by atoms with Gasteiger partial charge in [0.1, 0.15) is 17.1 Å². The summed E-state index contributed by atoms with van der Waals surface area (Å²) in [6, 6.07) is 11.4. The van der Waals surface area contributed by atoms with Gasteiger partial charge in [0.05, 0.1) is 26.5 Å². The van der Waals surface area contributed by atoms with Crippen LogP contribution in [0.25, 0.3) is 11.0 Å². The summed E-state index contributed by atoms with van der Waals surface area (Å²) in [7, 11) is 2.97. The molecule has 152 valence electrons. The predicted molar refractivity (Wildman–Crippen MR) is 105 cm³/mol. The fourth-order valence-electron chi connectivity index (χ4n) is 3.24. The van der Waals surface area contributed by atoms with Gasteiger partial charge in [-0.3, -0.25) is 14.5 Å². The van der Waals surface area contributed by atoms with Crippen LogP contribution in [0.5, 0.6) is 11.5 Å². The topological polar surface area (TPSA) is 106 Å². The Morgan fingerprint density at radius 2 is 1.50 bits per heavy atom. The van der Waals surface area contributed by atoms with Crippen molar-refractivity contribution in [3.05, 3.63) is 64.5 Å². The third kappa shape index (κ3) is 3.16. The number of methoxy groups -OCH3 is 2. The minimum atomic E-state index is -0.981. The Bertz CT molecular complexity index is 1230. The Hall–Kier alpha value is -4.14. The van der Waals surface area contributed by atoms with Crippen LogP contribution in [0, 0.1) is 0 Å². The second-order valence-electron chi connectivity index (χ2n) is 6.47. The minimum Gasteiger partial charge on any atom is -0.497 e. The lowest BCUT2D eigenvalue weighted by Crippen LogP contribution is -2.33. The van der Waals surface area contributed by atoms with E-state index in [1.54, 1.807) is 24.3 Å². The van der Waals surface area contributed by atoms with Crippen molar-refractivity contribution in [2.45, 2.75) is 6.54 Å². The number of carbonyl (C=O) groups is 3. The van der Waals surface area contributed by atoms with Crippen LogP contribution in [-0.2, 0) is 16.1 Å². The molecular weight excluding hydrogens is 392 g/mol. The quantitative estimate of drug-likeness (QED) is 0.362. The average Bonchev–Trinajstić information content (AvgIpc) is 2.96. The van der Waals surface area contributed by atoms with E-state index in [0.29, 0.717) is 22.4 Å². The highest BCUT2D eigenvalue weighted by molar-refractivity contribution is 6.52. The highest BCUT2D eigenvalue weighted by Gasteiger charge is 2.45. The maximum atomic E-state index is 12.9. The van der Waals surface area contributed by atoms with Crippen molar-refractivity contribution in [3.63, 3.8) is 0 Å². The smallest absolute Gasteiger partial charge is 0.339 e. The monoisotopic (exact) mass is 408 g/mol. The first-order valence-electron chi connectivity index (χ1n) is 8.87. The lowest BCUT2D eigenvalue weighted by Gasteiger charge is -2.16. The maximum Gasteiger partial charge on any atom is 0.339 e. The minimum absolute atomic E-state index is 0.240. The van der Waals surface area contributed by atoms with Crippen molar-refractivity contribution < 1.29 is 28.3 Å². The van der Waals surface area contributed by atoms with Gasteiger partial charge in [-0.1, -0.05) is 0 Å². The molecule has 0 radical (unpaired) electrons. The molecule has 9 nitrogen and oxygen atoms in total. The van der Waals surface area contributed by atoms with Gasteiger partial charge < -0.3 is 13.9 Å². The standard InChI is InChI=1S/C21H16N2O7/c1-28-14-5-3-13(4-6-14)23-20(26)19(25)22(21(23)27)11-12-9-18(24)30-17-10-15(29-2)7-8-16(12)17/h3-10H,11H2,1-2H3. The molecule has 4 rings (SSSR count). The number of fused-ring (bicyclic) bond motifs is 1. The third-order valence-corrected chi connectivity index (χ3v) is 4.75.